The highest BCUT2D eigenvalue weighted by atomic mass is 16.1. The van der Waals surface area contributed by atoms with Gasteiger partial charge in [-0.3, -0.25) is 4.79 Å². The average molecular weight is 432 g/mol. The summed E-state index contributed by atoms with van der Waals surface area (Å²) in [5.41, 5.74) is 3.99. The predicted molar refractivity (Wildman–Crippen MR) is 127 cm³/mol. The normalized spacial score (nSPS) is 18.3. The number of pyridine rings is 1. The molecule has 4 aromatic rings. The van der Waals surface area contributed by atoms with Gasteiger partial charge < -0.3 is 15.2 Å². The minimum absolute atomic E-state index is 0.0234. The van der Waals surface area contributed by atoms with Crippen LogP contribution in [0.2, 0.25) is 0 Å². The van der Waals surface area contributed by atoms with Crippen LogP contribution < -0.4 is 10.6 Å². The smallest absolute Gasteiger partial charge is 0.224 e. The van der Waals surface area contributed by atoms with Crippen molar-refractivity contribution in [2.24, 2.45) is 11.8 Å². The molecule has 8 heteroatoms. The Labute approximate surface area is 187 Å². The van der Waals surface area contributed by atoms with E-state index in [-0.39, 0.29) is 11.9 Å². The van der Waals surface area contributed by atoms with Gasteiger partial charge in [0.05, 0.1) is 11.9 Å². The molecule has 4 heterocycles. The summed E-state index contributed by atoms with van der Waals surface area (Å²) >= 11 is 0. The van der Waals surface area contributed by atoms with Crippen LogP contribution in [-0.4, -0.2) is 37.1 Å². The number of anilines is 2. The maximum Gasteiger partial charge on any atom is 0.224 e. The zero-order valence-corrected chi connectivity index (χ0v) is 19.0. The third-order valence-electron chi connectivity index (χ3n) is 6.67. The Hall–Kier alpha value is -3.42. The molecule has 0 unspecified atom stereocenters. The Morgan fingerprint density at radius 2 is 2.12 bits per heavy atom. The van der Waals surface area contributed by atoms with Crippen LogP contribution in [0.5, 0.6) is 0 Å². The topological polar surface area (TPSA) is 89.1 Å². The molecule has 1 aliphatic rings. The van der Waals surface area contributed by atoms with Crippen LogP contribution >= 0.6 is 0 Å². The lowest BCUT2D eigenvalue weighted by atomic mass is 9.73. The molecule has 0 aliphatic heterocycles. The van der Waals surface area contributed by atoms with Crippen molar-refractivity contribution in [3.8, 4) is 11.3 Å². The molecule has 0 radical (unpaired) electrons. The molecule has 166 valence electrons. The Balaban J connectivity index is 1.57. The van der Waals surface area contributed by atoms with E-state index in [0.717, 1.165) is 34.5 Å². The number of nitrogens with one attached hydrogen (secondary N) is 2. The van der Waals surface area contributed by atoms with E-state index < -0.39 is 0 Å². The highest BCUT2D eigenvalue weighted by Gasteiger charge is 2.29. The van der Waals surface area contributed by atoms with Crippen LogP contribution in [0.25, 0.3) is 27.9 Å². The molecule has 0 bridgehead atoms. The number of hydrogen-bond acceptors (Lipinski definition) is 5. The van der Waals surface area contributed by atoms with Gasteiger partial charge in [0.25, 0.3) is 0 Å². The van der Waals surface area contributed by atoms with E-state index in [0.29, 0.717) is 29.6 Å². The lowest BCUT2D eigenvalue weighted by Gasteiger charge is -2.33. The molecule has 2 N–H and O–H groups in total. The number of hydrogen-bond donors (Lipinski definition) is 2. The van der Waals surface area contributed by atoms with Crippen molar-refractivity contribution in [3.63, 3.8) is 0 Å². The largest absolute Gasteiger partial charge is 0.373 e. The summed E-state index contributed by atoms with van der Waals surface area (Å²) in [5.74, 6) is 1.92. The quantitative estimate of drug-likeness (QED) is 0.460. The molecule has 0 aromatic carbocycles. The van der Waals surface area contributed by atoms with Gasteiger partial charge in [-0.15, -0.1) is 0 Å². The minimum Gasteiger partial charge on any atom is -0.373 e. The van der Waals surface area contributed by atoms with Crippen LogP contribution in [0, 0.1) is 11.8 Å². The van der Waals surface area contributed by atoms with Gasteiger partial charge in [0.1, 0.15) is 17.2 Å². The summed E-state index contributed by atoms with van der Waals surface area (Å²) in [6.07, 6.45) is 8.48. The first kappa shape index (κ1) is 20.5. The molecule has 1 fully saturated rings. The van der Waals surface area contributed by atoms with E-state index >= 15 is 0 Å². The summed E-state index contributed by atoms with van der Waals surface area (Å²) in [6.45, 7) is 6.49. The van der Waals surface area contributed by atoms with Gasteiger partial charge in [-0.1, -0.05) is 13.3 Å². The summed E-state index contributed by atoms with van der Waals surface area (Å²) < 4.78 is 3.89. The lowest BCUT2D eigenvalue weighted by Crippen LogP contribution is -2.28. The molecule has 0 saturated heterocycles. The first-order valence-corrected chi connectivity index (χ1v) is 11.3. The van der Waals surface area contributed by atoms with Crippen molar-refractivity contribution < 1.29 is 4.79 Å². The van der Waals surface area contributed by atoms with Gasteiger partial charge in [0.2, 0.25) is 5.91 Å². The van der Waals surface area contributed by atoms with Crippen molar-refractivity contribution in [2.75, 3.05) is 17.7 Å². The predicted octanol–water partition coefficient (Wildman–Crippen LogP) is 4.74. The van der Waals surface area contributed by atoms with Gasteiger partial charge >= 0.3 is 0 Å². The van der Waals surface area contributed by atoms with Gasteiger partial charge in [-0.25, -0.2) is 9.97 Å². The molecule has 5 rings (SSSR count). The lowest BCUT2D eigenvalue weighted by molar-refractivity contribution is -0.118. The van der Waals surface area contributed by atoms with Crippen molar-refractivity contribution in [2.45, 2.75) is 46.1 Å². The van der Waals surface area contributed by atoms with Gasteiger partial charge in [-0.05, 0) is 44.2 Å². The summed E-state index contributed by atoms with van der Waals surface area (Å²) in [6, 6.07) is 6.27. The van der Waals surface area contributed by atoms with Crippen molar-refractivity contribution in [1.29, 1.82) is 0 Å². The SMILES string of the molecule is CNc1cc(-c2cn(C(C)C)c3ncccc23)nc2c(NC(=O)C[C@H]3CC[C@H]3C)cnn12. The Morgan fingerprint density at radius 3 is 2.81 bits per heavy atom. The fraction of sp³-hybridized carbons (Fsp3) is 0.417. The second kappa shape index (κ2) is 7.93. The van der Waals surface area contributed by atoms with Gasteiger partial charge in [0, 0.05) is 48.9 Å². The van der Waals surface area contributed by atoms with E-state index in [1.54, 1.807) is 10.7 Å². The molecule has 1 amide bonds. The second-order valence-corrected chi connectivity index (χ2v) is 9.06. The number of carbonyl (C=O) groups is 1. The van der Waals surface area contributed by atoms with E-state index in [1.165, 1.54) is 6.42 Å². The number of aromatic nitrogens is 5. The highest BCUT2D eigenvalue weighted by Crippen LogP contribution is 2.37. The van der Waals surface area contributed by atoms with Gasteiger partial charge in [0.15, 0.2) is 5.65 Å². The van der Waals surface area contributed by atoms with E-state index in [4.69, 9.17) is 4.98 Å². The van der Waals surface area contributed by atoms with Crippen molar-refractivity contribution in [3.05, 3.63) is 36.8 Å². The fourth-order valence-corrected chi connectivity index (χ4v) is 4.53. The molecule has 4 aromatic heterocycles. The molecule has 32 heavy (non-hydrogen) atoms. The molecular weight excluding hydrogens is 402 g/mol. The Kier molecular flexibility index (Phi) is 5.07. The number of fused-ring (bicyclic) bond motifs is 2. The summed E-state index contributed by atoms with van der Waals surface area (Å²) in [4.78, 5) is 22.2. The number of amides is 1. The molecule has 1 saturated carbocycles. The van der Waals surface area contributed by atoms with Crippen LogP contribution in [0.3, 0.4) is 0 Å². The maximum atomic E-state index is 12.7. The molecule has 2 atom stereocenters. The zero-order chi connectivity index (χ0) is 22.4. The van der Waals surface area contributed by atoms with E-state index in [9.17, 15) is 4.79 Å². The molecular formula is C24H29N7O. The van der Waals surface area contributed by atoms with Gasteiger partial charge in [-0.2, -0.15) is 9.61 Å². The molecule has 8 nitrogen and oxygen atoms in total. The average Bonchev–Trinajstić information content (AvgIpc) is 3.37. The number of carbonyl (C=O) groups excluding carboxylic acids is 1. The third-order valence-corrected chi connectivity index (χ3v) is 6.67. The van der Waals surface area contributed by atoms with Crippen LogP contribution in [-0.2, 0) is 4.79 Å². The fourth-order valence-electron chi connectivity index (χ4n) is 4.53. The van der Waals surface area contributed by atoms with Crippen LogP contribution in [0.4, 0.5) is 11.5 Å². The number of rotatable bonds is 6. The van der Waals surface area contributed by atoms with Crippen LogP contribution in [0.15, 0.2) is 36.8 Å². The first-order valence-electron chi connectivity index (χ1n) is 11.3. The maximum absolute atomic E-state index is 12.7. The van der Waals surface area contributed by atoms with Crippen molar-refractivity contribution >= 4 is 34.1 Å². The molecule has 0 spiro atoms. The minimum atomic E-state index is 0.0234. The van der Waals surface area contributed by atoms with Crippen molar-refractivity contribution in [1.82, 2.24) is 24.1 Å². The summed E-state index contributed by atoms with van der Waals surface area (Å²) in [5, 5.41) is 11.8. The Morgan fingerprint density at radius 1 is 1.28 bits per heavy atom. The summed E-state index contributed by atoms with van der Waals surface area (Å²) in [7, 11) is 1.86. The Bertz CT molecular complexity index is 1300. The van der Waals surface area contributed by atoms with Crippen LogP contribution in [0.1, 0.15) is 46.1 Å². The second-order valence-electron chi connectivity index (χ2n) is 9.06. The zero-order valence-electron chi connectivity index (χ0n) is 19.0. The molecule has 1 aliphatic carbocycles. The monoisotopic (exact) mass is 431 g/mol. The van der Waals surface area contributed by atoms with E-state index in [1.807, 2.05) is 25.4 Å². The number of nitrogens with zero attached hydrogens (tertiary/aromatic N) is 5. The third kappa shape index (κ3) is 3.39. The standard InChI is InChI=1S/C24H29N7O/c1-14(2)30-13-18(17-6-5-9-26-23(17)30)19-11-21(25-4)31-24(29-19)20(12-27-31)28-22(32)10-16-8-7-15(16)3/h5-6,9,11-16,25H,7-8,10H2,1-4H3,(H,28,32)/t15-,16-/m1/s1. The highest BCUT2D eigenvalue weighted by molar-refractivity contribution is 5.96. The van der Waals surface area contributed by atoms with E-state index in [2.05, 4.69) is 58.3 Å². The first-order chi connectivity index (χ1) is 15.5.